The van der Waals surface area contributed by atoms with Crippen LogP contribution in [0.2, 0.25) is 0 Å². The molecule has 0 aliphatic rings. The van der Waals surface area contributed by atoms with Gasteiger partial charge in [-0.05, 0) is 61.4 Å². The van der Waals surface area contributed by atoms with E-state index in [1.54, 1.807) is 13.8 Å². The molecular weight excluding hydrogens is 460 g/mol. The van der Waals surface area contributed by atoms with Gasteiger partial charge in [0.25, 0.3) is 11.4 Å². The molecule has 2 amide bonds. The monoisotopic (exact) mass is 478 g/mol. The van der Waals surface area contributed by atoms with Gasteiger partial charge in [0.1, 0.15) is 0 Å². The molecule has 0 atom stereocenters. The average molecular weight is 478 g/mol. The number of nitrogens with zero attached hydrogens (tertiary/aromatic N) is 4. The SMILES string of the molecule is CC(=NNC(=O)c1ccc(C(=O)NN=C(C)c2ccc([N+](=O)[O-])cc2)o1)c1ccc([N+](=O)[O-])cc1. The van der Waals surface area contributed by atoms with Gasteiger partial charge in [-0.3, -0.25) is 29.8 Å². The van der Waals surface area contributed by atoms with Gasteiger partial charge in [-0.1, -0.05) is 0 Å². The van der Waals surface area contributed by atoms with Gasteiger partial charge < -0.3 is 4.42 Å². The minimum Gasteiger partial charge on any atom is -0.446 e. The van der Waals surface area contributed by atoms with Gasteiger partial charge in [0.2, 0.25) is 0 Å². The van der Waals surface area contributed by atoms with Crippen LogP contribution in [0.15, 0.2) is 75.3 Å². The van der Waals surface area contributed by atoms with E-state index >= 15 is 0 Å². The van der Waals surface area contributed by atoms with Crippen LogP contribution < -0.4 is 10.9 Å². The summed E-state index contributed by atoms with van der Waals surface area (Å²) >= 11 is 0. The Labute approximate surface area is 197 Å². The van der Waals surface area contributed by atoms with E-state index < -0.39 is 21.7 Å². The quantitative estimate of drug-likeness (QED) is 0.282. The lowest BCUT2D eigenvalue weighted by atomic mass is 10.1. The van der Waals surface area contributed by atoms with Crippen LogP contribution in [0.4, 0.5) is 11.4 Å². The summed E-state index contributed by atoms with van der Waals surface area (Å²) in [4.78, 5) is 45.0. The van der Waals surface area contributed by atoms with Crippen LogP contribution in [0.1, 0.15) is 46.1 Å². The number of furan rings is 1. The summed E-state index contributed by atoms with van der Waals surface area (Å²) in [5, 5.41) is 29.3. The zero-order valence-corrected chi connectivity index (χ0v) is 18.4. The topological polar surface area (TPSA) is 182 Å². The predicted molar refractivity (Wildman–Crippen MR) is 124 cm³/mol. The van der Waals surface area contributed by atoms with E-state index in [0.717, 1.165) is 0 Å². The number of hydrogen-bond donors (Lipinski definition) is 2. The Bertz CT molecular complexity index is 1240. The molecule has 0 aliphatic carbocycles. The maximum Gasteiger partial charge on any atom is 0.307 e. The van der Waals surface area contributed by atoms with Crippen molar-refractivity contribution in [2.75, 3.05) is 0 Å². The van der Waals surface area contributed by atoms with E-state index in [9.17, 15) is 29.8 Å². The van der Waals surface area contributed by atoms with E-state index in [4.69, 9.17) is 4.42 Å². The van der Waals surface area contributed by atoms with Gasteiger partial charge in [-0.15, -0.1) is 0 Å². The number of carbonyl (C=O) groups is 2. The van der Waals surface area contributed by atoms with E-state index in [2.05, 4.69) is 21.1 Å². The Hall–Kier alpha value is -5.20. The van der Waals surface area contributed by atoms with Crippen molar-refractivity contribution in [2.24, 2.45) is 10.2 Å². The number of carbonyl (C=O) groups excluding carboxylic acids is 2. The van der Waals surface area contributed by atoms with Gasteiger partial charge in [0.15, 0.2) is 11.5 Å². The molecule has 178 valence electrons. The number of amides is 2. The zero-order valence-electron chi connectivity index (χ0n) is 18.4. The van der Waals surface area contributed by atoms with Gasteiger partial charge in [0.05, 0.1) is 21.3 Å². The molecule has 3 rings (SSSR count). The fraction of sp³-hybridized carbons (Fsp3) is 0.0909. The standard InChI is InChI=1S/C22H18N6O7/c1-13(15-3-7-17(8-4-15)27(31)32)23-25-21(29)19-11-12-20(35-19)22(30)26-24-14(2)16-5-9-18(10-6-16)28(33)34/h3-12H,1-2H3,(H,25,29)(H,26,30). The van der Waals surface area contributed by atoms with Crippen LogP contribution in [-0.2, 0) is 0 Å². The molecule has 3 aromatic rings. The lowest BCUT2D eigenvalue weighted by molar-refractivity contribution is -0.385. The highest BCUT2D eigenvalue weighted by Gasteiger charge is 2.16. The van der Waals surface area contributed by atoms with Crippen molar-refractivity contribution < 1.29 is 23.9 Å². The van der Waals surface area contributed by atoms with Crippen molar-refractivity contribution >= 4 is 34.6 Å². The Morgan fingerprint density at radius 2 is 1.03 bits per heavy atom. The second-order valence-corrected chi connectivity index (χ2v) is 7.05. The second-order valence-electron chi connectivity index (χ2n) is 7.05. The molecule has 0 saturated heterocycles. The minimum absolute atomic E-state index is 0.0701. The average Bonchev–Trinajstić information content (AvgIpc) is 3.36. The Kier molecular flexibility index (Phi) is 7.41. The van der Waals surface area contributed by atoms with Crippen LogP contribution in [0.3, 0.4) is 0 Å². The molecule has 1 aromatic heterocycles. The third-order valence-electron chi connectivity index (χ3n) is 4.70. The molecule has 0 radical (unpaired) electrons. The van der Waals surface area contributed by atoms with E-state index in [-0.39, 0.29) is 22.9 Å². The van der Waals surface area contributed by atoms with E-state index in [1.807, 2.05) is 0 Å². The predicted octanol–water partition coefficient (Wildman–Crippen LogP) is 3.40. The summed E-state index contributed by atoms with van der Waals surface area (Å²) < 4.78 is 5.25. The highest BCUT2D eigenvalue weighted by molar-refractivity contribution is 6.02. The molecule has 0 saturated carbocycles. The van der Waals surface area contributed by atoms with Gasteiger partial charge in [-0.2, -0.15) is 10.2 Å². The van der Waals surface area contributed by atoms with E-state index in [0.29, 0.717) is 22.6 Å². The second kappa shape index (κ2) is 10.6. The first-order valence-corrected chi connectivity index (χ1v) is 9.94. The van der Waals surface area contributed by atoms with E-state index in [1.165, 1.54) is 60.7 Å². The maximum absolute atomic E-state index is 12.3. The number of benzene rings is 2. The molecule has 1 heterocycles. The van der Waals surface area contributed by atoms with Crippen LogP contribution in [0.5, 0.6) is 0 Å². The Morgan fingerprint density at radius 1 is 0.686 bits per heavy atom. The third kappa shape index (κ3) is 6.19. The Balaban J connectivity index is 1.60. The lowest BCUT2D eigenvalue weighted by Gasteiger charge is -2.02. The fourth-order valence-corrected chi connectivity index (χ4v) is 2.74. The number of hydrazone groups is 2. The normalized spacial score (nSPS) is 11.6. The molecule has 2 N–H and O–H groups in total. The van der Waals surface area contributed by atoms with Crippen molar-refractivity contribution in [2.45, 2.75) is 13.8 Å². The Morgan fingerprint density at radius 3 is 1.34 bits per heavy atom. The first-order valence-electron chi connectivity index (χ1n) is 9.94. The molecule has 0 fully saturated rings. The number of hydrogen-bond acceptors (Lipinski definition) is 9. The number of rotatable bonds is 8. The van der Waals surface area contributed by atoms with Crippen molar-refractivity contribution in [1.29, 1.82) is 0 Å². The van der Waals surface area contributed by atoms with Crippen molar-refractivity contribution in [3.05, 3.63) is 104 Å². The van der Waals surface area contributed by atoms with Gasteiger partial charge in [0, 0.05) is 24.3 Å². The van der Waals surface area contributed by atoms with Gasteiger partial charge in [-0.25, -0.2) is 10.9 Å². The smallest absolute Gasteiger partial charge is 0.307 e. The highest BCUT2D eigenvalue weighted by atomic mass is 16.6. The molecule has 35 heavy (non-hydrogen) atoms. The number of non-ortho nitro benzene ring substituents is 2. The van der Waals surface area contributed by atoms with Crippen molar-refractivity contribution in [1.82, 2.24) is 10.9 Å². The number of nitro groups is 2. The fourth-order valence-electron chi connectivity index (χ4n) is 2.74. The molecule has 13 heteroatoms. The molecular formula is C22H18N6O7. The summed E-state index contributed by atoms with van der Waals surface area (Å²) in [6, 6.07) is 13.8. The summed E-state index contributed by atoms with van der Waals surface area (Å²) in [6.45, 7) is 3.21. The first-order chi connectivity index (χ1) is 16.7. The molecule has 2 aromatic carbocycles. The van der Waals surface area contributed by atoms with Crippen LogP contribution in [0, 0.1) is 20.2 Å². The molecule has 13 nitrogen and oxygen atoms in total. The lowest BCUT2D eigenvalue weighted by Crippen LogP contribution is -2.20. The van der Waals surface area contributed by atoms with Crippen LogP contribution in [0.25, 0.3) is 0 Å². The number of nitro benzene ring substituents is 2. The molecule has 0 aliphatic heterocycles. The van der Waals surface area contributed by atoms with Crippen LogP contribution in [-0.4, -0.2) is 33.1 Å². The van der Waals surface area contributed by atoms with Crippen molar-refractivity contribution in [3.63, 3.8) is 0 Å². The summed E-state index contributed by atoms with van der Waals surface area (Å²) in [6.07, 6.45) is 0. The first kappa shape index (κ1) is 24.4. The maximum atomic E-state index is 12.3. The summed E-state index contributed by atoms with van der Waals surface area (Å²) in [5.74, 6) is -1.77. The molecule has 0 bridgehead atoms. The zero-order chi connectivity index (χ0) is 25.5. The number of nitrogens with one attached hydrogen (secondary N) is 2. The van der Waals surface area contributed by atoms with Gasteiger partial charge >= 0.3 is 11.8 Å². The van der Waals surface area contributed by atoms with Crippen LogP contribution >= 0.6 is 0 Å². The molecule has 0 unspecified atom stereocenters. The highest BCUT2D eigenvalue weighted by Crippen LogP contribution is 2.14. The minimum atomic E-state index is -0.712. The largest absolute Gasteiger partial charge is 0.446 e. The summed E-state index contributed by atoms with van der Waals surface area (Å²) in [7, 11) is 0. The molecule has 0 spiro atoms. The van der Waals surface area contributed by atoms with Crippen molar-refractivity contribution in [3.8, 4) is 0 Å². The summed E-state index contributed by atoms with van der Waals surface area (Å²) in [5.41, 5.74) is 6.36. The third-order valence-corrected chi connectivity index (χ3v) is 4.70.